The average molecular weight is 487 g/mol. The van der Waals surface area contributed by atoms with Gasteiger partial charge in [0.2, 0.25) is 0 Å². The van der Waals surface area contributed by atoms with Crippen LogP contribution in [0, 0.1) is 5.82 Å². The number of hydrogen-bond donors (Lipinski definition) is 1. The standard InChI is InChI=1S/C23H23FN4O5S/c1-4-33-20-10-14(8-9-19(20)32-2)18(13-34(3,30)31)28-17-7-5-6-16(21(17)27-23(28)29)22-25-11-15(24)12-26-22/h5-12,18H,4,13H2,1-3H3,(H,27,29). The van der Waals surface area contributed by atoms with Crippen molar-refractivity contribution >= 4 is 20.9 Å². The third kappa shape index (κ3) is 4.65. The quantitative estimate of drug-likeness (QED) is 0.407. The van der Waals surface area contributed by atoms with Crippen molar-refractivity contribution in [3.8, 4) is 22.9 Å². The number of benzene rings is 2. The predicted molar refractivity (Wildman–Crippen MR) is 126 cm³/mol. The van der Waals surface area contributed by atoms with Gasteiger partial charge in [0.1, 0.15) is 9.84 Å². The Labute approximate surface area is 195 Å². The second kappa shape index (κ2) is 9.26. The van der Waals surface area contributed by atoms with Gasteiger partial charge in [0.25, 0.3) is 0 Å². The molecule has 0 aliphatic heterocycles. The highest BCUT2D eigenvalue weighted by Crippen LogP contribution is 2.34. The number of aromatic nitrogens is 4. The monoisotopic (exact) mass is 486 g/mol. The molecular formula is C23H23FN4O5S. The molecule has 0 fully saturated rings. The topological polar surface area (TPSA) is 116 Å². The van der Waals surface area contributed by atoms with Gasteiger partial charge in [0, 0.05) is 11.8 Å². The lowest BCUT2D eigenvalue weighted by molar-refractivity contribution is 0.310. The van der Waals surface area contributed by atoms with Crippen LogP contribution in [0.25, 0.3) is 22.4 Å². The van der Waals surface area contributed by atoms with Gasteiger partial charge in [-0.05, 0) is 36.8 Å². The lowest BCUT2D eigenvalue weighted by Crippen LogP contribution is -2.28. The summed E-state index contributed by atoms with van der Waals surface area (Å²) in [5, 5.41) is 0. The number of rotatable bonds is 8. The van der Waals surface area contributed by atoms with Crippen LogP contribution in [0.4, 0.5) is 4.39 Å². The summed E-state index contributed by atoms with van der Waals surface area (Å²) in [6.07, 6.45) is 3.19. The molecule has 178 valence electrons. The van der Waals surface area contributed by atoms with Crippen molar-refractivity contribution in [3.05, 3.63) is 70.7 Å². The van der Waals surface area contributed by atoms with E-state index in [0.717, 1.165) is 18.6 Å². The highest BCUT2D eigenvalue weighted by atomic mass is 32.2. The predicted octanol–water partition coefficient (Wildman–Crippen LogP) is 2.97. The molecule has 0 aliphatic rings. The van der Waals surface area contributed by atoms with Crippen molar-refractivity contribution in [1.82, 2.24) is 19.5 Å². The molecule has 0 saturated carbocycles. The van der Waals surface area contributed by atoms with E-state index in [1.54, 1.807) is 36.4 Å². The minimum absolute atomic E-state index is 0.225. The number of hydrogen-bond acceptors (Lipinski definition) is 7. The Morgan fingerprint density at radius 2 is 1.88 bits per heavy atom. The molecule has 0 amide bonds. The van der Waals surface area contributed by atoms with Gasteiger partial charge in [-0.2, -0.15) is 0 Å². The zero-order chi connectivity index (χ0) is 24.5. The van der Waals surface area contributed by atoms with Crippen LogP contribution >= 0.6 is 0 Å². The molecule has 4 aromatic rings. The molecule has 0 bridgehead atoms. The molecule has 9 nitrogen and oxygen atoms in total. The number of halogens is 1. The molecular weight excluding hydrogens is 463 g/mol. The Balaban J connectivity index is 1.94. The second-order valence-corrected chi connectivity index (χ2v) is 9.86. The van der Waals surface area contributed by atoms with Gasteiger partial charge in [-0.25, -0.2) is 27.6 Å². The Morgan fingerprint density at radius 1 is 1.15 bits per heavy atom. The van der Waals surface area contributed by atoms with Crippen LogP contribution in [0.1, 0.15) is 18.5 Å². The van der Waals surface area contributed by atoms with Crippen molar-refractivity contribution in [2.45, 2.75) is 13.0 Å². The largest absolute Gasteiger partial charge is 0.493 e. The number of fused-ring (bicyclic) bond motifs is 1. The number of H-pyrrole nitrogens is 1. The highest BCUT2D eigenvalue weighted by Gasteiger charge is 2.26. The van der Waals surface area contributed by atoms with Crippen LogP contribution in [0.3, 0.4) is 0 Å². The van der Waals surface area contributed by atoms with Crippen LogP contribution in [-0.4, -0.2) is 53.7 Å². The van der Waals surface area contributed by atoms with Crippen LogP contribution in [-0.2, 0) is 9.84 Å². The number of methoxy groups -OCH3 is 1. The number of nitrogens with one attached hydrogen (secondary N) is 1. The summed E-state index contributed by atoms with van der Waals surface area (Å²) in [5.74, 6) is 0.248. The first kappa shape index (κ1) is 23.4. The summed E-state index contributed by atoms with van der Waals surface area (Å²) < 4.78 is 50.4. The average Bonchev–Trinajstić information content (AvgIpc) is 3.13. The van der Waals surface area contributed by atoms with Crippen molar-refractivity contribution in [2.75, 3.05) is 25.7 Å². The normalized spacial score (nSPS) is 12.6. The van der Waals surface area contributed by atoms with E-state index in [9.17, 15) is 17.6 Å². The summed E-state index contributed by atoms with van der Waals surface area (Å²) in [6, 6.07) is 9.29. The summed E-state index contributed by atoms with van der Waals surface area (Å²) in [5.41, 5.74) is 1.40. The van der Waals surface area contributed by atoms with Crippen molar-refractivity contribution in [1.29, 1.82) is 0 Å². The number of para-hydroxylation sites is 1. The van der Waals surface area contributed by atoms with E-state index in [2.05, 4.69) is 15.0 Å². The summed E-state index contributed by atoms with van der Waals surface area (Å²) >= 11 is 0. The van der Waals surface area contributed by atoms with Gasteiger partial charge in [0.15, 0.2) is 23.1 Å². The number of ether oxygens (including phenoxy) is 2. The number of aromatic amines is 1. The molecule has 2 aromatic carbocycles. The van der Waals surface area contributed by atoms with Crippen molar-refractivity contribution < 1.29 is 22.3 Å². The van der Waals surface area contributed by atoms with Gasteiger partial charge in [-0.1, -0.05) is 12.1 Å². The second-order valence-electron chi connectivity index (χ2n) is 7.68. The van der Waals surface area contributed by atoms with Gasteiger partial charge in [-0.3, -0.25) is 4.57 Å². The van der Waals surface area contributed by atoms with E-state index >= 15 is 0 Å². The highest BCUT2D eigenvalue weighted by molar-refractivity contribution is 7.90. The van der Waals surface area contributed by atoms with Crippen LogP contribution < -0.4 is 15.2 Å². The lowest BCUT2D eigenvalue weighted by atomic mass is 10.1. The molecule has 11 heteroatoms. The fraction of sp³-hybridized carbons (Fsp3) is 0.261. The summed E-state index contributed by atoms with van der Waals surface area (Å²) in [6.45, 7) is 2.20. The first-order valence-electron chi connectivity index (χ1n) is 10.4. The van der Waals surface area contributed by atoms with Gasteiger partial charge >= 0.3 is 5.69 Å². The van der Waals surface area contributed by atoms with E-state index in [1.807, 2.05) is 6.92 Å². The summed E-state index contributed by atoms with van der Waals surface area (Å²) in [4.78, 5) is 24.0. The molecule has 2 aromatic heterocycles. The zero-order valence-corrected chi connectivity index (χ0v) is 19.6. The van der Waals surface area contributed by atoms with Crippen LogP contribution in [0.15, 0.2) is 53.6 Å². The molecule has 1 atom stereocenters. The number of sulfone groups is 1. The van der Waals surface area contributed by atoms with E-state index in [4.69, 9.17) is 9.47 Å². The van der Waals surface area contributed by atoms with Crippen molar-refractivity contribution in [2.24, 2.45) is 0 Å². The fourth-order valence-corrected chi connectivity index (χ4v) is 4.79. The maximum absolute atomic E-state index is 13.3. The minimum atomic E-state index is -3.50. The smallest absolute Gasteiger partial charge is 0.327 e. The Hall–Kier alpha value is -3.73. The third-order valence-corrected chi connectivity index (χ3v) is 6.18. The molecule has 0 saturated heterocycles. The molecule has 1 N–H and O–H groups in total. The molecule has 0 aliphatic carbocycles. The van der Waals surface area contributed by atoms with E-state index in [1.165, 1.54) is 11.7 Å². The van der Waals surface area contributed by atoms with Crippen LogP contribution in [0.2, 0.25) is 0 Å². The number of nitrogens with zero attached hydrogens (tertiary/aromatic N) is 3. The van der Waals surface area contributed by atoms with E-state index in [0.29, 0.717) is 40.3 Å². The van der Waals surface area contributed by atoms with Crippen molar-refractivity contribution in [3.63, 3.8) is 0 Å². The van der Waals surface area contributed by atoms with E-state index in [-0.39, 0.29) is 11.6 Å². The van der Waals surface area contributed by atoms with Gasteiger partial charge < -0.3 is 14.5 Å². The summed E-state index contributed by atoms with van der Waals surface area (Å²) in [7, 11) is -1.99. The molecule has 0 radical (unpaired) electrons. The Morgan fingerprint density at radius 3 is 2.53 bits per heavy atom. The lowest BCUT2D eigenvalue weighted by Gasteiger charge is -2.20. The SMILES string of the molecule is CCOc1cc(C(CS(C)(=O)=O)n2c(=O)[nH]c3c(-c4ncc(F)cn4)cccc32)ccc1OC. The van der Waals surface area contributed by atoms with Gasteiger partial charge in [-0.15, -0.1) is 0 Å². The number of imidazole rings is 1. The maximum Gasteiger partial charge on any atom is 0.327 e. The molecule has 0 spiro atoms. The molecule has 1 unspecified atom stereocenters. The van der Waals surface area contributed by atoms with E-state index < -0.39 is 27.4 Å². The fourth-order valence-electron chi connectivity index (χ4n) is 3.87. The van der Waals surface area contributed by atoms with Gasteiger partial charge in [0.05, 0.1) is 48.9 Å². The Kier molecular flexibility index (Phi) is 6.38. The molecule has 34 heavy (non-hydrogen) atoms. The first-order chi connectivity index (χ1) is 16.2. The van der Waals surface area contributed by atoms with Crippen LogP contribution in [0.5, 0.6) is 11.5 Å². The maximum atomic E-state index is 13.3. The minimum Gasteiger partial charge on any atom is -0.493 e. The Bertz CT molecular complexity index is 1500. The third-order valence-electron chi connectivity index (χ3n) is 5.26. The zero-order valence-electron chi connectivity index (χ0n) is 18.8. The molecule has 2 heterocycles. The first-order valence-corrected chi connectivity index (χ1v) is 12.5. The molecule has 4 rings (SSSR count).